The van der Waals surface area contributed by atoms with E-state index in [-0.39, 0.29) is 23.4 Å². The summed E-state index contributed by atoms with van der Waals surface area (Å²) in [6.45, 7) is 0. The molecule has 156 valence electrons. The molecule has 3 rings (SSSR count). The monoisotopic (exact) mass is 411 g/mol. The third-order valence-electron chi connectivity index (χ3n) is 4.55. The van der Waals surface area contributed by atoms with Crippen LogP contribution in [0.1, 0.15) is 38.5 Å². The summed E-state index contributed by atoms with van der Waals surface area (Å²) in [5, 5.41) is 17.6. The van der Waals surface area contributed by atoms with Crippen molar-refractivity contribution in [2.75, 3.05) is 10.6 Å². The first-order chi connectivity index (χ1) is 13.8. The fraction of sp³-hybridized carbons (Fsp3) is 0.444. The molecular weight excluding hydrogens is 391 g/mol. The van der Waals surface area contributed by atoms with Gasteiger partial charge >= 0.3 is 12.0 Å². The van der Waals surface area contributed by atoms with Crippen molar-refractivity contribution in [3.05, 3.63) is 40.7 Å². The van der Waals surface area contributed by atoms with Crippen LogP contribution in [0.4, 0.5) is 36.2 Å². The van der Waals surface area contributed by atoms with Gasteiger partial charge in [0.25, 0.3) is 0 Å². The minimum atomic E-state index is -4.79. The molecule has 1 saturated carbocycles. The Bertz CT molecular complexity index is 838. The maximum atomic E-state index is 12.3. The van der Waals surface area contributed by atoms with Crippen molar-refractivity contribution < 1.29 is 22.8 Å². The van der Waals surface area contributed by atoms with E-state index in [1.165, 1.54) is 18.5 Å². The summed E-state index contributed by atoms with van der Waals surface area (Å²) in [6, 6.07) is 4.93. The quantitative estimate of drug-likeness (QED) is 0.384. The predicted octanol–water partition coefficient (Wildman–Crippen LogP) is 5.16. The first-order valence-electron chi connectivity index (χ1n) is 9.20. The van der Waals surface area contributed by atoms with Crippen molar-refractivity contribution in [1.82, 2.24) is 9.97 Å². The zero-order valence-electron chi connectivity index (χ0n) is 15.4. The lowest BCUT2D eigenvalue weighted by molar-refractivity contribution is -0.383. The van der Waals surface area contributed by atoms with E-state index in [9.17, 15) is 23.3 Å². The third kappa shape index (κ3) is 5.93. The van der Waals surface area contributed by atoms with Crippen molar-refractivity contribution in [3.8, 4) is 5.75 Å². The Morgan fingerprint density at radius 2 is 1.66 bits per heavy atom. The molecule has 29 heavy (non-hydrogen) atoms. The minimum Gasteiger partial charge on any atom is -0.406 e. The second-order valence-corrected chi connectivity index (χ2v) is 6.71. The lowest BCUT2D eigenvalue weighted by Gasteiger charge is -2.17. The van der Waals surface area contributed by atoms with Gasteiger partial charge in [0.1, 0.15) is 12.1 Å². The fourth-order valence-electron chi connectivity index (χ4n) is 3.24. The number of alkyl halides is 3. The molecule has 1 fully saturated rings. The van der Waals surface area contributed by atoms with E-state index in [1.807, 2.05) is 0 Å². The maximum Gasteiger partial charge on any atom is 0.573 e. The number of hydrogen-bond acceptors (Lipinski definition) is 7. The van der Waals surface area contributed by atoms with Crippen LogP contribution in [0, 0.1) is 10.1 Å². The summed E-state index contributed by atoms with van der Waals surface area (Å²) in [5.41, 5.74) is 0.00843. The average molecular weight is 411 g/mol. The number of nitro groups is 1. The van der Waals surface area contributed by atoms with Gasteiger partial charge in [0.05, 0.1) is 4.92 Å². The zero-order chi connectivity index (χ0) is 20.9. The predicted molar refractivity (Wildman–Crippen MR) is 100 cm³/mol. The third-order valence-corrected chi connectivity index (χ3v) is 4.55. The second kappa shape index (κ2) is 8.93. The standard InChI is InChI=1S/C18H20F3N5O3/c19-18(20,21)29-14-9-7-13(8-10-14)25-17-15(26(27)28)16(22-11-23-17)24-12-5-3-1-2-4-6-12/h7-12H,1-6H2,(H2,22,23,24,25). The highest BCUT2D eigenvalue weighted by Gasteiger charge is 2.31. The number of benzene rings is 1. The molecular formula is C18H20F3N5O3. The summed E-state index contributed by atoms with van der Waals surface area (Å²) >= 11 is 0. The molecule has 0 radical (unpaired) electrons. The van der Waals surface area contributed by atoms with Gasteiger partial charge in [-0.25, -0.2) is 9.97 Å². The summed E-state index contributed by atoms with van der Waals surface area (Å²) in [6.07, 6.45) is 2.61. The lowest BCUT2D eigenvalue weighted by Crippen LogP contribution is -2.20. The van der Waals surface area contributed by atoms with E-state index in [0.29, 0.717) is 5.69 Å². The molecule has 0 saturated heterocycles. The number of anilines is 3. The van der Waals surface area contributed by atoms with Crippen LogP contribution < -0.4 is 15.4 Å². The number of halogens is 3. The lowest BCUT2D eigenvalue weighted by atomic mass is 10.1. The van der Waals surface area contributed by atoms with E-state index < -0.39 is 17.0 Å². The first-order valence-corrected chi connectivity index (χ1v) is 9.20. The number of rotatable bonds is 6. The van der Waals surface area contributed by atoms with E-state index >= 15 is 0 Å². The Balaban J connectivity index is 1.79. The van der Waals surface area contributed by atoms with Crippen LogP contribution in [0.5, 0.6) is 5.75 Å². The molecule has 0 spiro atoms. The highest BCUT2D eigenvalue weighted by molar-refractivity contribution is 5.74. The number of aromatic nitrogens is 2. The van der Waals surface area contributed by atoms with Crippen LogP contribution in [0.25, 0.3) is 0 Å². The molecule has 0 bridgehead atoms. The van der Waals surface area contributed by atoms with E-state index in [1.54, 1.807) is 0 Å². The highest BCUT2D eigenvalue weighted by atomic mass is 19.4. The fourth-order valence-corrected chi connectivity index (χ4v) is 3.24. The van der Waals surface area contributed by atoms with Gasteiger partial charge in [0.15, 0.2) is 0 Å². The molecule has 2 aromatic rings. The molecule has 2 N–H and O–H groups in total. The number of hydrogen-bond donors (Lipinski definition) is 2. The highest BCUT2D eigenvalue weighted by Crippen LogP contribution is 2.33. The minimum absolute atomic E-state index is 0.0504. The second-order valence-electron chi connectivity index (χ2n) is 6.71. The van der Waals surface area contributed by atoms with Gasteiger partial charge in [-0.2, -0.15) is 0 Å². The number of nitrogens with zero attached hydrogens (tertiary/aromatic N) is 3. The van der Waals surface area contributed by atoms with Crippen molar-refractivity contribution in [2.45, 2.75) is 50.9 Å². The van der Waals surface area contributed by atoms with Gasteiger partial charge in [-0.15, -0.1) is 13.2 Å². The van der Waals surface area contributed by atoms with E-state index in [0.717, 1.165) is 50.7 Å². The summed E-state index contributed by atoms with van der Waals surface area (Å²) in [5.74, 6) is -0.321. The normalized spacial score (nSPS) is 15.4. The summed E-state index contributed by atoms with van der Waals surface area (Å²) in [4.78, 5) is 19.0. The van der Waals surface area contributed by atoms with Crippen LogP contribution in [-0.2, 0) is 0 Å². The largest absolute Gasteiger partial charge is 0.573 e. The van der Waals surface area contributed by atoms with Crippen molar-refractivity contribution in [1.29, 1.82) is 0 Å². The van der Waals surface area contributed by atoms with E-state index in [2.05, 4.69) is 25.3 Å². The zero-order valence-corrected chi connectivity index (χ0v) is 15.4. The first kappa shape index (κ1) is 20.6. The van der Waals surface area contributed by atoms with Crippen LogP contribution in [0.3, 0.4) is 0 Å². The SMILES string of the molecule is O=[N+]([O-])c1c(Nc2ccc(OC(F)(F)F)cc2)ncnc1NC1CCCCCC1. The topological polar surface area (TPSA) is 102 Å². The Morgan fingerprint density at radius 1 is 1.03 bits per heavy atom. The van der Waals surface area contributed by atoms with Crippen LogP contribution in [0.15, 0.2) is 30.6 Å². The van der Waals surface area contributed by atoms with Gasteiger partial charge in [-0.05, 0) is 37.1 Å². The number of nitrogens with one attached hydrogen (secondary N) is 2. The van der Waals surface area contributed by atoms with Gasteiger partial charge in [0.2, 0.25) is 11.6 Å². The molecule has 8 nitrogen and oxygen atoms in total. The van der Waals surface area contributed by atoms with Crippen LogP contribution in [-0.4, -0.2) is 27.3 Å². The average Bonchev–Trinajstić information content (AvgIpc) is 2.91. The van der Waals surface area contributed by atoms with Crippen LogP contribution in [0.2, 0.25) is 0 Å². The summed E-state index contributed by atoms with van der Waals surface area (Å²) in [7, 11) is 0. The van der Waals surface area contributed by atoms with Crippen molar-refractivity contribution in [2.24, 2.45) is 0 Å². The molecule has 0 unspecified atom stereocenters. The van der Waals surface area contributed by atoms with Gasteiger partial charge < -0.3 is 15.4 Å². The Kier molecular flexibility index (Phi) is 6.35. The molecule has 1 heterocycles. The molecule has 1 aromatic carbocycles. The van der Waals surface area contributed by atoms with Gasteiger partial charge in [-0.1, -0.05) is 25.7 Å². The molecule has 0 atom stereocenters. The number of ether oxygens (including phenoxy) is 1. The Hall–Kier alpha value is -3.11. The van der Waals surface area contributed by atoms with E-state index in [4.69, 9.17) is 0 Å². The summed E-state index contributed by atoms with van der Waals surface area (Å²) < 4.78 is 40.6. The van der Waals surface area contributed by atoms with Gasteiger partial charge in [-0.3, -0.25) is 10.1 Å². The Labute approximate surface area is 164 Å². The van der Waals surface area contributed by atoms with Crippen LogP contribution >= 0.6 is 0 Å². The molecule has 11 heteroatoms. The molecule has 1 aromatic heterocycles. The van der Waals surface area contributed by atoms with Crippen molar-refractivity contribution >= 4 is 23.0 Å². The van der Waals surface area contributed by atoms with Gasteiger partial charge in [0, 0.05) is 11.7 Å². The molecule has 1 aliphatic rings. The maximum absolute atomic E-state index is 12.3. The molecule has 1 aliphatic carbocycles. The molecule has 0 amide bonds. The smallest absolute Gasteiger partial charge is 0.406 e. The Morgan fingerprint density at radius 3 is 2.24 bits per heavy atom. The van der Waals surface area contributed by atoms with Crippen molar-refractivity contribution in [3.63, 3.8) is 0 Å². The molecule has 0 aliphatic heterocycles.